The Balaban J connectivity index is 2.41. The Labute approximate surface area is 86.6 Å². The van der Waals surface area contributed by atoms with E-state index in [1.807, 2.05) is 13.8 Å². The van der Waals surface area contributed by atoms with Crippen molar-refractivity contribution in [2.24, 2.45) is 11.7 Å². The first-order valence-electron chi connectivity index (χ1n) is 5.41. The van der Waals surface area contributed by atoms with Gasteiger partial charge in [0.05, 0.1) is 11.2 Å². The molecular formula is C11H23NO2. The fourth-order valence-electron chi connectivity index (χ4n) is 1.71. The van der Waals surface area contributed by atoms with Crippen molar-refractivity contribution in [3.8, 4) is 0 Å². The molecule has 1 atom stereocenters. The highest BCUT2D eigenvalue weighted by Gasteiger charge is 2.43. The van der Waals surface area contributed by atoms with E-state index in [4.69, 9.17) is 10.5 Å². The highest BCUT2D eigenvalue weighted by molar-refractivity contribution is 4.96. The number of rotatable bonds is 6. The molecule has 1 saturated carbocycles. The zero-order valence-corrected chi connectivity index (χ0v) is 9.55. The molecule has 1 aliphatic rings. The van der Waals surface area contributed by atoms with Crippen LogP contribution in [0.4, 0.5) is 0 Å². The Hall–Kier alpha value is -0.120. The van der Waals surface area contributed by atoms with E-state index >= 15 is 0 Å². The fraction of sp³-hybridized carbons (Fsp3) is 1.00. The fourth-order valence-corrected chi connectivity index (χ4v) is 1.71. The molecule has 0 aromatic rings. The smallest absolute Gasteiger partial charge is 0.0798 e. The Kier molecular flexibility index (Phi) is 3.56. The maximum Gasteiger partial charge on any atom is 0.0798 e. The minimum absolute atomic E-state index is 0.155. The summed E-state index contributed by atoms with van der Waals surface area (Å²) in [6, 6.07) is 0. The van der Waals surface area contributed by atoms with Crippen LogP contribution < -0.4 is 5.73 Å². The van der Waals surface area contributed by atoms with Crippen molar-refractivity contribution in [1.82, 2.24) is 0 Å². The lowest BCUT2D eigenvalue weighted by Gasteiger charge is -2.31. The third kappa shape index (κ3) is 2.94. The van der Waals surface area contributed by atoms with Gasteiger partial charge < -0.3 is 15.6 Å². The molecule has 0 aromatic carbocycles. The molecule has 0 heterocycles. The summed E-state index contributed by atoms with van der Waals surface area (Å²) in [7, 11) is 1.71. The van der Waals surface area contributed by atoms with E-state index in [-0.39, 0.29) is 5.60 Å². The van der Waals surface area contributed by atoms with Crippen LogP contribution in [-0.4, -0.2) is 30.0 Å². The first kappa shape index (κ1) is 12.0. The third-order valence-electron chi connectivity index (χ3n) is 3.40. The zero-order valence-electron chi connectivity index (χ0n) is 9.55. The van der Waals surface area contributed by atoms with Crippen molar-refractivity contribution >= 4 is 0 Å². The number of ether oxygens (including phenoxy) is 1. The van der Waals surface area contributed by atoms with Gasteiger partial charge in [0.1, 0.15) is 0 Å². The van der Waals surface area contributed by atoms with Gasteiger partial charge in [-0.05, 0) is 45.4 Å². The van der Waals surface area contributed by atoms with E-state index in [9.17, 15) is 5.11 Å². The SMILES string of the molecule is COC(C)(C)CCC(O)(CN)C1CC1. The molecule has 3 nitrogen and oxygen atoms in total. The summed E-state index contributed by atoms with van der Waals surface area (Å²) in [5.41, 5.74) is 4.83. The normalized spacial score (nSPS) is 22.1. The molecule has 0 aliphatic heterocycles. The number of methoxy groups -OCH3 is 1. The average molecular weight is 201 g/mol. The summed E-state index contributed by atoms with van der Waals surface area (Å²) in [6.45, 7) is 4.45. The molecule has 3 heteroatoms. The van der Waals surface area contributed by atoms with Gasteiger partial charge in [-0.15, -0.1) is 0 Å². The molecule has 1 rings (SSSR count). The summed E-state index contributed by atoms with van der Waals surface area (Å²) in [4.78, 5) is 0. The van der Waals surface area contributed by atoms with Crippen molar-refractivity contribution in [2.75, 3.05) is 13.7 Å². The molecule has 0 amide bonds. The van der Waals surface area contributed by atoms with Gasteiger partial charge in [0, 0.05) is 13.7 Å². The second-order valence-corrected chi connectivity index (χ2v) is 5.05. The lowest BCUT2D eigenvalue weighted by atomic mass is 9.87. The summed E-state index contributed by atoms with van der Waals surface area (Å²) in [5, 5.41) is 10.2. The first-order valence-corrected chi connectivity index (χ1v) is 5.41. The average Bonchev–Trinajstić information content (AvgIpc) is 2.98. The topological polar surface area (TPSA) is 55.5 Å². The molecule has 3 N–H and O–H groups in total. The highest BCUT2D eigenvalue weighted by Crippen LogP contribution is 2.42. The molecule has 1 unspecified atom stereocenters. The molecule has 14 heavy (non-hydrogen) atoms. The van der Waals surface area contributed by atoms with Crippen molar-refractivity contribution in [3.63, 3.8) is 0 Å². The predicted molar refractivity (Wildman–Crippen MR) is 57.1 cm³/mol. The summed E-state index contributed by atoms with van der Waals surface area (Å²) < 4.78 is 5.33. The Morgan fingerprint density at radius 2 is 1.93 bits per heavy atom. The van der Waals surface area contributed by atoms with Crippen molar-refractivity contribution < 1.29 is 9.84 Å². The predicted octanol–water partition coefficient (Wildman–Crippen LogP) is 1.29. The highest BCUT2D eigenvalue weighted by atomic mass is 16.5. The largest absolute Gasteiger partial charge is 0.388 e. The van der Waals surface area contributed by atoms with E-state index in [2.05, 4.69) is 0 Å². The van der Waals surface area contributed by atoms with Crippen molar-refractivity contribution in [3.05, 3.63) is 0 Å². The van der Waals surface area contributed by atoms with Gasteiger partial charge in [-0.2, -0.15) is 0 Å². The summed E-state index contributed by atoms with van der Waals surface area (Å²) in [6.07, 6.45) is 3.85. The van der Waals surface area contributed by atoms with Gasteiger partial charge in [0.25, 0.3) is 0 Å². The van der Waals surface area contributed by atoms with Crippen LogP contribution in [0.3, 0.4) is 0 Å². The van der Waals surface area contributed by atoms with Gasteiger partial charge in [-0.3, -0.25) is 0 Å². The van der Waals surface area contributed by atoms with Gasteiger partial charge in [-0.1, -0.05) is 0 Å². The van der Waals surface area contributed by atoms with E-state index in [0.717, 1.165) is 25.7 Å². The number of nitrogens with two attached hydrogens (primary N) is 1. The second-order valence-electron chi connectivity index (χ2n) is 5.05. The van der Waals surface area contributed by atoms with Gasteiger partial charge in [0.15, 0.2) is 0 Å². The van der Waals surface area contributed by atoms with Crippen LogP contribution in [-0.2, 0) is 4.74 Å². The third-order valence-corrected chi connectivity index (χ3v) is 3.40. The Morgan fingerprint density at radius 3 is 2.29 bits per heavy atom. The van der Waals surface area contributed by atoms with Crippen LogP contribution in [0.1, 0.15) is 39.5 Å². The standard InChI is InChI=1S/C11H23NO2/c1-10(2,14-3)6-7-11(13,8-12)9-4-5-9/h9,13H,4-8,12H2,1-3H3. The number of hydrogen-bond acceptors (Lipinski definition) is 3. The molecule has 0 aromatic heterocycles. The molecular weight excluding hydrogens is 178 g/mol. The van der Waals surface area contributed by atoms with Crippen molar-refractivity contribution in [2.45, 2.75) is 50.7 Å². The lowest BCUT2D eigenvalue weighted by molar-refractivity contribution is -0.0320. The monoisotopic (exact) mass is 201 g/mol. The van der Waals surface area contributed by atoms with Gasteiger partial charge in [0.2, 0.25) is 0 Å². The molecule has 84 valence electrons. The van der Waals surface area contributed by atoms with E-state index < -0.39 is 5.60 Å². The number of aliphatic hydroxyl groups is 1. The quantitative estimate of drug-likeness (QED) is 0.681. The molecule has 0 spiro atoms. The molecule has 1 aliphatic carbocycles. The minimum atomic E-state index is -0.643. The lowest BCUT2D eigenvalue weighted by Crippen LogP contribution is -2.42. The van der Waals surface area contributed by atoms with E-state index in [1.54, 1.807) is 7.11 Å². The molecule has 0 bridgehead atoms. The maximum absolute atomic E-state index is 10.2. The minimum Gasteiger partial charge on any atom is -0.388 e. The molecule has 0 radical (unpaired) electrons. The van der Waals surface area contributed by atoms with Crippen LogP contribution in [0.25, 0.3) is 0 Å². The van der Waals surface area contributed by atoms with Crippen LogP contribution in [0, 0.1) is 5.92 Å². The molecule has 1 fully saturated rings. The Morgan fingerprint density at radius 1 is 1.36 bits per heavy atom. The van der Waals surface area contributed by atoms with Crippen LogP contribution in [0.5, 0.6) is 0 Å². The van der Waals surface area contributed by atoms with Crippen LogP contribution in [0.2, 0.25) is 0 Å². The van der Waals surface area contributed by atoms with Crippen LogP contribution >= 0.6 is 0 Å². The first-order chi connectivity index (χ1) is 6.43. The number of hydrogen-bond donors (Lipinski definition) is 2. The van der Waals surface area contributed by atoms with Gasteiger partial charge in [-0.25, -0.2) is 0 Å². The zero-order chi connectivity index (χ0) is 10.8. The van der Waals surface area contributed by atoms with Crippen LogP contribution in [0.15, 0.2) is 0 Å². The summed E-state index contributed by atoms with van der Waals surface area (Å²) >= 11 is 0. The van der Waals surface area contributed by atoms with Crippen molar-refractivity contribution in [1.29, 1.82) is 0 Å². The summed E-state index contributed by atoms with van der Waals surface area (Å²) in [5.74, 6) is 0.431. The Bertz CT molecular complexity index is 190. The second kappa shape index (κ2) is 4.17. The van der Waals surface area contributed by atoms with E-state index in [1.165, 1.54) is 0 Å². The maximum atomic E-state index is 10.2. The van der Waals surface area contributed by atoms with E-state index in [0.29, 0.717) is 12.5 Å². The molecule has 0 saturated heterocycles. The van der Waals surface area contributed by atoms with Gasteiger partial charge >= 0.3 is 0 Å².